The van der Waals surface area contributed by atoms with E-state index in [0.717, 1.165) is 93.2 Å². The van der Waals surface area contributed by atoms with Gasteiger partial charge in [0.15, 0.2) is 0 Å². The number of unbranched alkanes of at least 4 members (excludes halogenated alkanes) is 20. The van der Waals surface area contributed by atoms with Gasteiger partial charge in [-0.1, -0.05) is 362 Å². The molecule has 4 nitrogen and oxygen atoms in total. The molecule has 0 aliphatic carbocycles. The van der Waals surface area contributed by atoms with Crippen molar-refractivity contribution < 1.29 is 18.9 Å². The number of hydrogen-bond acceptors (Lipinski definition) is 4. The molecule has 0 aliphatic rings. The predicted octanol–water partition coefficient (Wildman–Crippen LogP) is 25.7. The molecule has 0 atom stereocenters. The lowest BCUT2D eigenvalue weighted by molar-refractivity contribution is 0.295. The number of ether oxygens (including phenoxy) is 4. The average molecular weight is 1200 g/mol. The van der Waals surface area contributed by atoms with Crippen LogP contribution in [0.5, 0.6) is 23.0 Å². The molecule has 90 heavy (non-hydrogen) atoms. The van der Waals surface area contributed by atoms with E-state index in [2.05, 4.69) is 258 Å². The van der Waals surface area contributed by atoms with E-state index < -0.39 is 0 Å². The van der Waals surface area contributed by atoms with E-state index in [4.69, 9.17) is 18.9 Å². The fourth-order valence-electron chi connectivity index (χ4n) is 10.9. The summed E-state index contributed by atoms with van der Waals surface area (Å²) in [5.41, 5.74) is 13.3. The van der Waals surface area contributed by atoms with Crippen LogP contribution in [0.15, 0.2) is 158 Å². The highest BCUT2D eigenvalue weighted by Crippen LogP contribution is 2.35. The highest BCUT2D eigenvalue weighted by molar-refractivity contribution is 5.82. The summed E-state index contributed by atoms with van der Waals surface area (Å²) in [7, 11) is 0. The Hall–Kier alpha value is -7.82. The van der Waals surface area contributed by atoms with Crippen LogP contribution in [-0.2, 0) is 0 Å². The maximum absolute atomic E-state index is 6.73. The van der Waals surface area contributed by atoms with E-state index in [9.17, 15) is 0 Å². The first-order valence-electron chi connectivity index (χ1n) is 34.9. The molecule has 0 amide bonds. The van der Waals surface area contributed by atoms with Crippen LogP contribution in [0, 0.1) is 0 Å². The fourth-order valence-corrected chi connectivity index (χ4v) is 10.9. The quantitative estimate of drug-likeness (QED) is 0.0282. The third-order valence-corrected chi connectivity index (χ3v) is 16.5. The first-order valence-corrected chi connectivity index (χ1v) is 34.9. The summed E-state index contributed by atoms with van der Waals surface area (Å²) < 4.78 is 26.9. The minimum Gasteiger partial charge on any atom is -0.493 e. The molecule has 0 saturated carbocycles. The molecule has 474 valence electrons. The van der Waals surface area contributed by atoms with Crippen LogP contribution in [0.2, 0.25) is 0 Å². The summed E-state index contributed by atoms with van der Waals surface area (Å²) in [6.45, 7) is 11.8. The van der Waals surface area contributed by atoms with Crippen molar-refractivity contribution in [3.8, 4) is 23.0 Å². The monoisotopic (exact) mass is 1200 g/mol. The molecular formula is C86H106O4. The Morgan fingerprint density at radius 1 is 0.200 bits per heavy atom. The Bertz CT molecular complexity index is 3010. The summed E-state index contributed by atoms with van der Waals surface area (Å²) in [5.74, 6) is 3.50. The van der Waals surface area contributed by atoms with E-state index in [1.807, 2.05) is 0 Å². The van der Waals surface area contributed by atoms with Gasteiger partial charge in [0, 0.05) is 22.3 Å². The van der Waals surface area contributed by atoms with Crippen LogP contribution in [0.4, 0.5) is 0 Å². The highest BCUT2D eigenvalue weighted by atomic mass is 16.5. The van der Waals surface area contributed by atoms with Gasteiger partial charge in [-0.2, -0.15) is 0 Å². The van der Waals surface area contributed by atoms with Crippen molar-refractivity contribution in [3.05, 3.63) is 224 Å². The molecule has 0 spiro atoms. The summed E-state index contributed by atoms with van der Waals surface area (Å²) in [5, 5.41) is 0. The van der Waals surface area contributed by atoms with E-state index in [1.165, 1.54) is 151 Å². The molecule has 4 heteroatoms. The molecule has 7 aromatic rings. The first-order chi connectivity index (χ1) is 44.5. The molecule has 0 saturated heterocycles. The Morgan fingerprint density at radius 2 is 0.378 bits per heavy atom. The topological polar surface area (TPSA) is 36.9 Å². The summed E-state index contributed by atoms with van der Waals surface area (Å²) in [4.78, 5) is 0. The van der Waals surface area contributed by atoms with Crippen molar-refractivity contribution in [2.75, 3.05) is 26.4 Å². The molecular weight excluding hydrogens is 1100 g/mol. The summed E-state index contributed by atoms with van der Waals surface area (Å²) in [6, 6.07) is 55.9. The lowest BCUT2D eigenvalue weighted by atomic mass is 10.0. The minimum atomic E-state index is 0.674. The Kier molecular flexibility index (Phi) is 33.3. The van der Waals surface area contributed by atoms with Crippen LogP contribution in [0.3, 0.4) is 0 Å². The first kappa shape index (κ1) is 69.7. The SMILES string of the molecule is CCCCCCCCOc1cc(/C=C/c2ccc(/C=C/c3cc(OCCCCCCCC)c(/C=C/c4ccc(/C=C/c5ccccc5)cc4)cc3OCCCCCCCC)cc2)c(OCCCCCCCC)cc1/C=C/c1ccc(/C=C/c2ccccc2)cc1. The number of rotatable bonds is 44. The standard InChI is InChI=1S/C86H106O4/c1-5-9-13-17-21-31-63-87-83-69-81(85(89-65-33-23-19-15-11-7-3)67-79(83)59-55-75-47-43-73(44-48-75)41-39-71-35-27-25-28-36-71)61-57-77-51-53-78(54-52-77)58-62-82-70-84(88-64-32-22-18-14-10-6-2)80(68-86(82)90-66-34-24-20-16-12-8-4)60-56-76-49-45-74(46-50-76)42-40-72-37-29-26-30-38-72/h25-30,35-62,67-70H,5-24,31-34,63-66H2,1-4H3/b41-39+,42-40+,59-55+,60-56+,61-57+,62-58+. The zero-order valence-corrected chi connectivity index (χ0v) is 55.4. The average Bonchev–Trinajstić information content (AvgIpc) is 1.57. The smallest absolute Gasteiger partial charge is 0.127 e. The minimum absolute atomic E-state index is 0.674. The molecule has 7 aromatic carbocycles. The molecule has 0 aromatic heterocycles. The molecule has 0 radical (unpaired) electrons. The van der Waals surface area contributed by atoms with Gasteiger partial charge in [0.1, 0.15) is 23.0 Å². The second-order valence-electron chi connectivity index (χ2n) is 24.1. The molecule has 0 N–H and O–H groups in total. The van der Waals surface area contributed by atoms with Crippen molar-refractivity contribution in [2.24, 2.45) is 0 Å². The van der Waals surface area contributed by atoms with E-state index in [0.29, 0.717) is 26.4 Å². The van der Waals surface area contributed by atoms with Crippen molar-refractivity contribution in [3.63, 3.8) is 0 Å². The van der Waals surface area contributed by atoms with Gasteiger partial charge in [0.05, 0.1) is 26.4 Å². The fraction of sp³-hybridized carbons (Fsp3) is 0.372. The Labute approximate surface area is 544 Å². The lowest BCUT2D eigenvalue weighted by Crippen LogP contribution is -2.03. The van der Waals surface area contributed by atoms with Gasteiger partial charge < -0.3 is 18.9 Å². The van der Waals surface area contributed by atoms with Gasteiger partial charge in [-0.15, -0.1) is 0 Å². The largest absolute Gasteiger partial charge is 0.493 e. The lowest BCUT2D eigenvalue weighted by Gasteiger charge is -2.16. The second kappa shape index (κ2) is 43.0. The third kappa shape index (κ3) is 27.1. The summed E-state index contributed by atoms with van der Waals surface area (Å²) in [6.07, 6.45) is 55.3. The summed E-state index contributed by atoms with van der Waals surface area (Å²) >= 11 is 0. The van der Waals surface area contributed by atoms with E-state index in [1.54, 1.807) is 0 Å². The molecule has 0 heterocycles. The highest BCUT2D eigenvalue weighted by Gasteiger charge is 2.13. The van der Waals surface area contributed by atoms with Gasteiger partial charge in [-0.3, -0.25) is 0 Å². The zero-order chi connectivity index (χ0) is 62.7. The third-order valence-electron chi connectivity index (χ3n) is 16.5. The van der Waals surface area contributed by atoms with Crippen LogP contribution in [-0.4, -0.2) is 26.4 Å². The predicted molar refractivity (Wildman–Crippen MR) is 394 cm³/mol. The van der Waals surface area contributed by atoms with Gasteiger partial charge in [-0.05, 0) is 94.5 Å². The van der Waals surface area contributed by atoms with E-state index >= 15 is 0 Å². The van der Waals surface area contributed by atoms with Crippen molar-refractivity contribution >= 4 is 72.9 Å². The Morgan fingerprint density at radius 3 is 0.589 bits per heavy atom. The van der Waals surface area contributed by atoms with Crippen molar-refractivity contribution in [2.45, 2.75) is 182 Å². The molecule has 0 fully saturated rings. The number of hydrogen-bond donors (Lipinski definition) is 0. The molecule has 0 unspecified atom stereocenters. The van der Waals surface area contributed by atoms with Gasteiger partial charge in [0.2, 0.25) is 0 Å². The molecule has 0 bridgehead atoms. The van der Waals surface area contributed by atoms with Gasteiger partial charge in [0.25, 0.3) is 0 Å². The van der Waals surface area contributed by atoms with Crippen LogP contribution >= 0.6 is 0 Å². The zero-order valence-electron chi connectivity index (χ0n) is 55.4. The normalized spacial score (nSPS) is 11.9. The maximum atomic E-state index is 6.73. The molecule has 7 rings (SSSR count). The number of benzene rings is 7. The second-order valence-corrected chi connectivity index (χ2v) is 24.1. The maximum Gasteiger partial charge on any atom is 0.127 e. The van der Waals surface area contributed by atoms with Gasteiger partial charge in [-0.25, -0.2) is 0 Å². The molecule has 0 aliphatic heterocycles. The van der Waals surface area contributed by atoms with Crippen LogP contribution in [0.1, 0.15) is 249 Å². The van der Waals surface area contributed by atoms with Crippen LogP contribution < -0.4 is 18.9 Å². The van der Waals surface area contributed by atoms with Crippen molar-refractivity contribution in [1.29, 1.82) is 0 Å². The van der Waals surface area contributed by atoms with Crippen molar-refractivity contribution in [1.82, 2.24) is 0 Å². The van der Waals surface area contributed by atoms with Gasteiger partial charge >= 0.3 is 0 Å². The van der Waals surface area contributed by atoms with E-state index in [-0.39, 0.29) is 0 Å². The van der Waals surface area contributed by atoms with Crippen LogP contribution in [0.25, 0.3) is 72.9 Å². The Balaban J connectivity index is 1.13.